The van der Waals surface area contributed by atoms with Crippen molar-refractivity contribution >= 4 is 35.0 Å². The van der Waals surface area contributed by atoms with Crippen molar-refractivity contribution in [3.05, 3.63) is 30.0 Å². The normalized spacial score (nSPS) is 18.9. The molecule has 1 aliphatic carbocycles. The zero-order chi connectivity index (χ0) is 32.3. The van der Waals surface area contributed by atoms with E-state index < -0.39 is 0 Å². The van der Waals surface area contributed by atoms with Gasteiger partial charge in [0.1, 0.15) is 17.5 Å². The van der Waals surface area contributed by atoms with Crippen LogP contribution >= 0.6 is 0 Å². The van der Waals surface area contributed by atoms with E-state index in [2.05, 4.69) is 25.8 Å². The summed E-state index contributed by atoms with van der Waals surface area (Å²) in [5.41, 5.74) is 1.80. The first-order valence-electron chi connectivity index (χ1n) is 16.6. The topological polar surface area (TPSA) is 139 Å². The van der Waals surface area contributed by atoms with E-state index in [0.717, 1.165) is 57.4 Å². The molecule has 0 bridgehead atoms. The van der Waals surface area contributed by atoms with Gasteiger partial charge < -0.3 is 44.7 Å². The molecule has 252 valence electrons. The number of anilines is 4. The third-order valence-corrected chi connectivity index (χ3v) is 8.89. The van der Waals surface area contributed by atoms with Crippen molar-refractivity contribution in [2.75, 3.05) is 81.9 Å². The van der Waals surface area contributed by atoms with E-state index in [4.69, 9.17) is 23.9 Å². The molecular formula is C33H49N7O6. The zero-order valence-electron chi connectivity index (χ0n) is 27.4. The van der Waals surface area contributed by atoms with Crippen LogP contribution in [0.1, 0.15) is 62.2 Å². The fourth-order valence-electron chi connectivity index (χ4n) is 6.40. The lowest BCUT2D eigenvalue weighted by Gasteiger charge is -2.43. The highest BCUT2D eigenvalue weighted by Gasteiger charge is 2.41. The van der Waals surface area contributed by atoms with Crippen molar-refractivity contribution in [3.8, 4) is 5.75 Å². The Balaban J connectivity index is 1.10. The Hall–Kier alpha value is -3.52. The van der Waals surface area contributed by atoms with E-state index in [1.807, 2.05) is 6.92 Å². The Kier molecular flexibility index (Phi) is 12.4. The lowest BCUT2D eigenvalue weighted by atomic mass is 10.0. The number of amides is 2. The van der Waals surface area contributed by atoms with E-state index in [1.165, 1.54) is 0 Å². The smallest absolute Gasteiger partial charge is 0.251 e. The maximum absolute atomic E-state index is 13.2. The standard InChI is InChI=1S/C33H49N7O6/c1-4-27-32(42)39(2)28-22-36-33(38-30(28)40(27)24-7-5-6-8-24)37-26-10-9-23(21-29(26)43-3)31(41)35-15-16-44-17-18-45-19-20-46-25-11-13-34-14-12-25/h9-10,21-22,24-25,27,34H,4-8,11-20H2,1-3H3,(H,35,41)(H,36,37,38)/t27-/m1/s1. The number of benzene rings is 1. The second kappa shape index (κ2) is 16.9. The summed E-state index contributed by atoms with van der Waals surface area (Å²) in [6.45, 7) is 6.90. The van der Waals surface area contributed by atoms with Crippen molar-refractivity contribution in [2.24, 2.45) is 0 Å². The summed E-state index contributed by atoms with van der Waals surface area (Å²) in [7, 11) is 3.34. The summed E-state index contributed by atoms with van der Waals surface area (Å²) < 4.78 is 22.6. The van der Waals surface area contributed by atoms with Gasteiger partial charge in [-0.2, -0.15) is 4.98 Å². The van der Waals surface area contributed by atoms with Crippen LogP contribution in [-0.2, 0) is 19.0 Å². The second-order valence-corrected chi connectivity index (χ2v) is 11.9. The summed E-state index contributed by atoms with van der Waals surface area (Å²) in [6, 6.07) is 5.22. The minimum absolute atomic E-state index is 0.0755. The van der Waals surface area contributed by atoms with Crippen LogP contribution in [0, 0.1) is 0 Å². The van der Waals surface area contributed by atoms with Gasteiger partial charge >= 0.3 is 0 Å². The van der Waals surface area contributed by atoms with Gasteiger partial charge in [0.2, 0.25) is 11.9 Å². The van der Waals surface area contributed by atoms with Crippen molar-refractivity contribution in [1.29, 1.82) is 0 Å². The molecule has 46 heavy (non-hydrogen) atoms. The predicted molar refractivity (Wildman–Crippen MR) is 176 cm³/mol. The number of carbonyl (C=O) groups is 2. The highest BCUT2D eigenvalue weighted by atomic mass is 16.5. The third kappa shape index (κ3) is 8.44. The van der Waals surface area contributed by atoms with Crippen LogP contribution in [0.25, 0.3) is 0 Å². The Morgan fingerprint density at radius 2 is 1.78 bits per heavy atom. The maximum atomic E-state index is 13.2. The molecule has 2 fully saturated rings. The van der Waals surface area contributed by atoms with Crippen LogP contribution in [0.15, 0.2) is 24.4 Å². The molecule has 0 spiro atoms. The van der Waals surface area contributed by atoms with E-state index in [0.29, 0.717) is 80.7 Å². The van der Waals surface area contributed by atoms with Crippen LogP contribution in [0.4, 0.5) is 23.1 Å². The van der Waals surface area contributed by atoms with E-state index in [1.54, 1.807) is 43.5 Å². The first-order valence-corrected chi connectivity index (χ1v) is 16.6. The molecule has 1 aromatic heterocycles. The van der Waals surface area contributed by atoms with Crippen molar-refractivity contribution in [3.63, 3.8) is 0 Å². The van der Waals surface area contributed by atoms with E-state index in [-0.39, 0.29) is 23.9 Å². The molecule has 3 N–H and O–H groups in total. The summed E-state index contributed by atoms with van der Waals surface area (Å²) in [4.78, 5) is 39.3. The van der Waals surface area contributed by atoms with Gasteiger partial charge in [-0.05, 0) is 63.4 Å². The van der Waals surface area contributed by atoms with Gasteiger partial charge in [0.25, 0.3) is 5.91 Å². The molecule has 5 rings (SSSR count). The van der Waals surface area contributed by atoms with Gasteiger partial charge in [0, 0.05) is 25.2 Å². The number of nitrogens with one attached hydrogen (secondary N) is 3. The molecule has 1 saturated heterocycles. The minimum atomic E-state index is -0.247. The predicted octanol–water partition coefficient (Wildman–Crippen LogP) is 3.26. The van der Waals surface area contributed by atoms with Gasteiger partial charge in [-0.25, -0.2) is 4.98 Å². The lowest BCUT2D eigenvalue weighted by molar-refractivity contribution is -0.120. The highest BCUT2D eigenvalue weighted by Crippen LogP contribution is 2.40. The Labute approximate surface area is 271 Å². The van der Waals surface area contributed by atoms with Gasteiger partial charge in [0.15, 0.2) is 5.82 Å². The Bertz CT molecular complexity index is 1300. The molecule has 3 heterocycles. The van der Waals surface area contributed by atoms with Gasteiger partial charge in [-0.1, -0.05) is 19.8 Å². The van der Waals surface area contributed by atoms with Crippen LogP contribution < -0.4 is 30.5 Å². The zero-order valence-corrected chi connectivity index (χ0v) is 27.4. The number of carbonyl (C=O) groups excluding carboxylic acids is 2. The number of aromatic nitrogens is 2. The maximum Gasteiger partial charge on any atom is 0.251 e. The fourth-order valence-corrected chi connectivity index (χ4v) is 6.40. The molecule has 13 nitrogen and oxygen atoms in total. The third-order valence-electron chi connectivity index (χ3n) is 8.89. The van der Waals surface area contributed by atoms with Gasteiger partial charge in [-0.15, -0.1) is 0 Å². The van der Waals surface area contributed by atoms with Crippen molar-refractivity contribution < 1.29 is 28.5 Å². The molecule has 13 heteroatoms. The van der Waals surface area contributed by atoms with Gasteiger partial charge in [-0.3, -0.25) is 9.59 Å². The quantitative estimate of drug-likeness (QED) is 0.233. The highest BCUT2D eigenvalue weighted by molar-refractivity contribution is 6.04. The van der Waals surface area contributed by atoms with Crippen molar-refractivity contribution in [2.45, 2.75) is 70.1 Å². The number of piperidine rings is 1. The van der Waals surface area contributed by atoms with E-state index in [9.17, 15) is 9.59 Å². The number of rotatable bonds is 16. The van der Waals surface area contributed by atoms with Gasteiger partial charge in [0.05, 0.1) is 58.1 Å². The molecule has 3 aliphatic rings. The molecule has 1 atom stereocenters. The molecule has 0 unspecified atom stereocenters. The number of fused-ring (bicyclic) bond motifs is 1. The number of methoxy groups -OCH3 is 1. The molecule has 2 aromatic rings. The SMILES string of the molecule is CC[C@@H]1C(=O)N(C)c2cnc(Nc3ccc(C(=O)NCCOCCOCCOC4CCNCC4)cc3OC)nc2N1C1CCCC1. The average molecular weight is 640 g/mol. The molecular weight excluding hydrogens is 590 g/mol. The van der Waals surface area contributed by atoms with Crippen LogP contribution in [0.2, 0.25) is 0 Å². The summed E-state index contributed by atoms with van der Waals surface area (Å²) in [5, 5.41) is 9.47. The number of likely N-dealkylation sites (N-methyl/N-ethyl adjacent to an activating group) is 1. The summed E-state index contributed by atoms with van der Waals surface area (Å²) in [6.07, 6.45) is 9.24. The number of nitrogens with zero attached hydrogens (tertiary/aromatic N) is 4. The fraction of sp³-hybridized carbons (Fsp3) is 0.636. The molecule has 2 amide bonds. The van der Waals surface area contributed by atoms with Crippen LogP contribution in [0.5, 0.6) is 5.75 Å². The largest absolute Gasteiger partial charge is 0.495 e. The molecule has 2 aliphatic heterocycles. The van der Waals surface area contributed by atoms with E-state index >= 15 is 0 Å². The van der Waals surface area contributed by atoms with Crippen LogP contribution in [0.3, 0.4) is 0 Å². The number of hydrogen-bond donors (Lipinski definition) is 3. The van der Waals surface area contributed by atoms with Crippen molar-refractivity contribution in [1.82, 2.24) is 20.6 Å². The summed E-state index contributed by atoms with van der Waals surface area (Å²) >= 11 is 0. The molecule has 1 saturated carbocycles. The van der Waals surface area contributed by atoms with Crippen LogP contribution in [-0.4, -0.2) is 107 Å². The summed E-state index contributed by atoms with van der Waals surface area (Å²) in [5.74, 6) is 1.49. The molecule has 0 radical (unpaired) electrons. The Morgan fingerprint density at radius 1 is 1.04 bits per heavy atom. The first-order chi connectivity index (χ1) is 22.5. The minimum Gasteiger partial charge on any atom is -0.495 e. The lowest BCUT2D eigenvalue weighted by Crippen LogP contribution is -2.55. The number of ether oxygens (including phenoxy) is 4. The average Bonchev–Trinajstić information content (AvgIpc) is 3.62. The monoisotopic (exact) mass is 639 g/mol. The molecule has 1 aromatic carbocycles. The second-order valence-electron chi connectivity index (χ2n) is 11.9. The first kappa shape index (κ1) is 33.8. The number of hydrogen-bond acceptors (Lipinski definition) is 11. The Morgan fingerprint density at radius 3 is 2.52 bits per heavy atom.